The Labute approximate surface area is 158 Å². The summed E-state index contributed by atoms with van der Waals surface area (Å²) >= 11 is 5.26. The van der Waals surface area contributed by atoms with Crippen LogP contribution in [0.5, 0.6) is 0 Å². The van der Waals surface area contributed by atoms with E-state index in [1.165, 1.54) is 4.88 Å². The Morgan fingerprint density at radius 2 is 2.16 bits per heavy atom. The number of thiophene rings is 1. The Bertz CT molecular complexity index is 995. The summed E-state index contributed by atoms with van der Waals surface area (Å²) in [7, 11) is 0. The molecule has 132 valence electrons. The van der Waals surface area contributed by atoms with Gasteiger partial charge in [-0.05, 0) is 28.1 Å². The molecule has 3 aromatic heterocycles. The molecule has 0 radical (unpaired) electrons. The topological polar surface area (TPSA) is 53.4 Å². The van der Waals surface area contributed by atoms with Gasteiger partial charge >= 0.3 is 0 Å². The molecule has 0 aromatic carbocycles. The van der Waals surface area contributed by atoms with Crippen LogP contribution in [0.25, 0.3) is 5.65 Å². The minimum atomic E-state index is -0.0424. The van der Waals surface area contributed by atoms with Crippen LogP contribution < -0.4 is 5.56 Å². The molecule has 7 heteroatoms. The van der Waals surface area contributed by atoms with E-state index in [-0.39, 0.29) is 11.0 Å². The second-order valence-corrected chi connectivity index (χ2v) is 10.2. The van der Waals surface area contributed by atoms with Gasteiger partial charge in [0.15, 0.2) is 5.65 Å². The molecule has 3 aromatic rings. The summed E-state index contributed by atoms with van der Waals surface area (Å²) in [6, 6.07) is 6.21. The highest BCUT2D eigenvalue weighted by Gasteiger charge is 2.24. The lowest BCUT2D eigenvalue weighted by molar-refractivity contribution is 0.243. The number of aromatic nitrogens is 3. The zero-order valence-corrected chi connectivity index (χ0v) is 17.0. The number of hydrogen-bond donors (Lipinski definition) is 1. The maximum atomic E-state index is 13.0. The van der Waals surface area contributed by atoms with Crippen molar-refractivity contribution in [2.45, 2.75) is 45.7 Å². The highest BCUT2D eigenvalue weighted by molar-refractivity contribution is 9.11. The number of aromatic amines is 1. The van der Waals surface area contributed by atoms with E-state index in [0.29, 0.717) is 6.54 Å². The molecule has 0 fully saturated rings. The van der Waals surface area contributed by atoms with Crippen LogP contribution in [-0.4, -0.2) is 26.0 Å². The van der Waals surface area contributed by atoms with Crippen LogP contribution in [0.2, 0.25) is 0 Å². The number of H-pyrrole nitrogens is 1. The Kier molecular flexibility index (Phi) is 4.13. The SMILES string of the molecule is CC(C)(C)c1cc2nc3c(c(=O)n2[nH]1)CN(Cc1ccc(Br)s1)CC3. The number of nitrogens with one attached hydrogen (secondary N) is 1. The van der Waals surface area contributed by atoms with Crippen LogP contribution in [0.15, 0.2) is 26.8 Å². The van der Waals surface area contributed by atoms with Gasteiger partial charge in [-0.15, -0.1) is 11.3 Å². The van der Waals surface area contributed by atoms with Crippen LogP contribution in [0.3, 0.4) is 0 Å². The molecular weight excluding hydrogens is 400 g/mol. The number of rotatable bonds is 2. The van der Waals surface area contributed by atoms with Crippen LogP contribution in [0, 0.1) is 0 Å². The average molecular weight is 421 g/mol. The summed E-state index contributed by atoms with van der Waals surface area (Å²) in [5.41, 5.74) is 3.52. The molecule has 0 saturated carbocycles. The van der Waals surface area contributed by atoms with Crippen molar-refractivity contribution in [1.82, 2.24) is 19.5 Å². The van der Waals surface area contributed by atoms with Crippen LogP contribution in [-0.2, 0) is 24.9 Å². The Morgan fingerprint density at radius 1 is 1.36 bits per heavy atom. The first-order chi connectivity index (χ1) is 11.8. The van der Waals surface area contributed by atoms with Gasteiger partial charge in [0.05, 0.1) is 15.0 Å². The van der Waals surface area contributed by atoms with E-state index in [1.807, 2.05) is 6.07 Å². The van der Waals surface area contributed by atoms with Gasteiger partial charge in [0.1, 0.15) is 0 Å². The zero-order chi connectivity index (χ0) is 17.8. The van der Waals surface area contributed by atoms with Crippen molar-refractivity contribution < 1.29 is 0 Å². The lowest BCUT2D eigenvalue weighted by Gasteiger charge is -2.27. The van der Waals surface area contributed by atoms with Gasteiger partial charge in [-0.2, -0.15) is 0 Å². The first-order valence-electron chi connectivity index (χ1n) is 8.42. The van der Waals surface area contributed by atoms with Gasteiger partial charge in [0, 0.05) is 48.1 Å². The highest BCUT2D eigenvalue weighted by atomic mass is 79.9. The van der Waals surface area contributed by atoms with Gasteiger partial charge in [-0.25, -0.2) is 9.50 Å². The highest BCUT2D eigenvalue weighted by Crippen LogP contribution is 2.26. The molecule has 4 rings (SSSR count). The van der Waals surface area contributed by atoms with E-state index in [0.717, 1.165) is 45.9 Å². The fourth-order valence-electron chi connectivity index (χ4n) is 3.21. The largest absolute Gasteiger partial charge is 0.293 e. The van der Waals surface area contributed by atoms with Crippen molar-refractivity contribution in [3.8, 4) is 0 Å². The number of nitrogens with zero attached hydrogens (tertiary/aromatic N) is 3. The normalized spacial score (nSPS) is 15.7. The second-order valence-electron chi connectivity index (χ2n) is 7.62. The standard InChI is InChI=1S/C18H21BrN4OS/c1-18(2,3)14-8-16-20-13-6-7-22(9-11-4-5-15(19)25-11)10-12(13)17(24)23(16)21-14/h4-5,8,21H,6-7,9-10H2,1-3H3. The molecule has 25 heavy (non-hydrogen) atoms. The third-order valence-electron chi connectivity index (χ3n) is 4.66. The van der Waals surface area contributed by atoms with Gasteiger partial charge in [-0.3, -0.25) is 14.8 Å². The van der Waals surface area contributed by atoms with E-state index >= 15 is 0 Å². The third kappa shape index (κ3) is 3.20. The van der Waals surface area contributed by atoms with Gasteiger partial charge in [0.25, 0.3) is 5.56 Å². The molecule has 1 aliphatic heterocycles. The van der Waals surface area contributed by atoms with Crippen LogP contribution >= 0.6 is 27.3 Å². The molecular formula is C18H21BrN4OS. The molecule has 4 heterocycles. The smallest absolute Gasteiger partial charge is 0.277 e. The number of fused-ring (bicyclic) bond motifs is 2. The summed E-state index contributed by atoms with van der Waals surface area (Å²) < 4.78 is 2.74. The first kappa shape index (κ1) is 17.0. The Hall–Kier alpha value is -1.44. The molecule has 0 saturated heterocycles. The first-order valence-corrected chi connectivity index (χ1v) is 10.0. The van der Waals surface area contributed by atoms with E-state index in [4.69, 9.17) is 4.98 Å². The van der Waals surface area contributed by atoms with Gasteiger partial charge < -0.3 is 0 Å². The third-order valence-corrected chi connectivity index (χ3v) is 6.27. The average Bonchev–Trinajstić information content (AvgIpc) is 3.14. The van der Waals surface area contributed by atoms with Crippen molar-refractivity contribution in [3.05, 3.63) is 54.2 Å². The summed E-state index contributed by atoms with van der Waals surface area (Å²) in [6.07, 6.45) is 0.823. The van der Waals surface area contributed by atoms with Crippen molar-refractivity contribution >= 4 is 32.9 Å². The molecule has 1 N–H and O–H groups in total. The molecule has 0 unspecified atom stereocenters. The lowest BCUT2D eigenvalue weighted by Crippen LogP contribution is -2.36. The zero-order valence-electron chi connectivity index (χ0n) is 14.6. The maximum absolute atomic E-state index is 13.0. The maximum Gasteiger partial charge on any atom is 0.277 e. The Balaban J connectivity index is 1.68. The lowest BCUT2D eigenvalue weighted by atomic mass is 9.93. The fraction of sp³-hybridized carbons (Fsp3) is 0.444. The van der Waals surface area contributed by atoms with E-state index in [2.05, 4.69) is 58.8 Å². The van der Waals surface area contributed by atoms with Crippen molar-refractivity contribution in [3.63, 3.8) is 0 Å². The molecule has 1 aliphatic rings. The van der Waals surface area contributed by atoms with Gasteiger partial charge in [0.2, 0.25) is 0 Å². The minimum absolute atomic E-state index is 0.0348. The molecule has 5 nitrogen and oxygen atoms in total. The minimum Gasteiger partial charge on any atom is -0.293 e. The molecule has 0 amide bonds. The summed E-state index contributed by atoms with van der Waals surface area (Å²) in [4.78, 5) is 21.4. The van der Waals surface area contributed by atoms with E-state index in [1.54, 1.807) is 15.9 Å². The molecule has 0 atom stereocenters. The van der Waals surface area contributed by atoms with E-state index in [9.17, 15) is 4.79 Å². The van der Waals surface area contributed by atoms with Crippen molar-refractivity contribution in [2.24, 2.45) is 0 Å². The van der Waals surface area contributed by atoms with Crippen LogP contribution in [0.1, 0.15) is 42.6 Å². The molecule has 0 aliphatic carbocycles. The molecule has 0 bridgehead atoms. The monoisotopic (exact) mass is 420 g/mol. The van der Waals surface area contributed by atoms with E-state index < -0.39 is 0 Å². The Morgan fingerprint density at radius 3 is 2.84 bits per heavy atom. The van der Waals surface area contributed by atoms with Crippen molar-refractivity contribution in [2.75, 3.05) is 6.54 Å². The fourth-order valence-corrected chi connectivity index (χ4v) is 4.74. The predicted octanol–water partition coefficient (Wildman–Crippen LogP) is 3.70. The summed E-state index contributed by atoms with van der Waals surface area (Å²) in [6.45, 7) is 8.84. The summed E-state index contributed by atoms with van der Waals surface area (Å²) in [5, 5.41) is 3.24. The predicted molar refractivity (Wildman–Crippen MR) is 104 cm³/mol. The van der Waals surface area contributed by atoms with Crippen molar-refractivity contribution in [1.29, 1.82) is 0 Å². The van der Waals surface area contributed by atoms with Gasteiger partial charge in [-0.1, -0.05) is 20.8 Å². The summed E-state index contributed by atoms with van der Waals surface area (Å²) in [5.74, 6) is 0. The quantitative estimate of drug-likeness (QED) is 0.687. The number of halogens is 1. The molecule has 0 spiro atoms. The number of hydrogen-bond acceptors (Lipinski definition) is 4. The second kappa shape index (κ2) is 6.07. The van der Waals surface area contributed by atoms with Crippen LogP contribution in [0.4, 0.5) is 0 Å².